The van der Waals surface area contributed by atoms with E-state index in [4.69, 9.17) is 4.74 Å². The first-order chi connectivity index (χ1) is 17.5. The highest BCUT2D eigenvalue weighted by atomic mass is 16.5. The molecule has 2 aromatic rings. The molecule has 0 aliphatic carbocycles. The van der Waals surface area contributed by atoms with Crippen LogP contribution in [0.25, 0.3) is 0 Å². The minimum Gasteiger partial charge on any atom is -0.457 e. The molecule has 2 aromatic carbocycles. The number of hydrogen-bond acceptors (Lipinski definition) is 1. The Kier molecular flexibility index (Phi) is 12.9. The SMILES string of the molecule is CC(CCCCCCCCCCCCCCc1cccc(Oc2ccccc2)c1)[NH+]1CCC(C)(C)C1. The average Bonchev–Trinajstić information content (AvgIpc) is 3.24. The topological polar surface area (TPSA) is 13.7 Å². The van der Waals surface area contributed by atoms with E-state index in [9.17, 15) is 0 Å². The number of aryl methyl sites for hydroxylation is 1. The van der Waals surface area contributed by atoms with Crippen LogP contribution in [0, 0.1) is 5.41 Å². The van der Waals surface area contributed by atoms with Crippen molar-refractivity contribution >= 4 is 0 Å². The van der Waals surface area contributed by atoms with E-state index < -0.39 is 0 Å². The lowest BCUT2D eigenvalue weighted by atomic mass is 9.93. The summed E-state index contributed by atoms with van der Waals surface area (Å²) in [5.74, 6) is 1.85. The predicted octanol–water partition coefficient (Wildman–Crippen LogP) is 8.80. The molecule has 0 amide bonds. The molecule has 1 heterocycles. The monoisotopic (exact) mass is 492 g/mol. The molecule has 1 aliphatic heterocycles. The van der Waals surface area contributed by atoms with Crippen molar-refractivity contribution in [2.75, 3.05) is 13.1 Å². The van der Waals surface area contributed by atoms with Crippen molar-refractivity contribution in [2.24, 2.45) is 5.41 Å². The molecule has 0 bridgehead atoms. The number of nitrogens with one attached hydrogen (secondary N) is 1. The second-order valence-electron chi connectivity index (χ2n) is 12.2. The van der Waals surface area contributed by atoms with Crippen LogP contribution < -0.4 is 9.64 Å². The highest BCUT2D eigenvalue weighted by molar-refractivity contribution is 5.33. The van der Waals surface area contributed by atoms with E-state index in [1.54, 1.807) is 0 Å². The van der Waals surface area contributed by atoms with Gasteiger partial charge in [-0.2, -0.15) is 0 Å². The summed E-state index contributed by atoms with van der Waals surface area (Å²) in [5.41, 5.74) is 1.97. The summed E-state index contributed by atoms with van der Waals surface area (Å²) in [6.07, 6.45) is 20.9. The van der Waals surface area contributed by atoms with Crippen molar-refractivity contribution in [3.05, 3.63) is 60.2 Å². The number of hydrogen-bond donors (Lipinski definition) is 1. The number of para-hydroxylation sites is 1. The summed E-state index contributed by atoms with van der Waals surface area (Å²) in [6, 6.07) is 19.5. The number of unbranched alkanes of at least 4 members (excludes halogenated alkanes) is 11. The second-order valence-corrected chi connectivity index (χ2v) is 12.2. The molecule has 3 rings (SSSR count). The molecular formula is C34H54NO+. The van der Waals surface area contributed by atoms with E-state index in [0.717, 1.165) is 24.0 Å². The van der Waals surface area contributed by atoms with Crippen molar-refractivity contribution in [3.63, 3.8) is 0 Å². The third-order valence-electron chi connectivity index (χ3n) is 8.26. The number of benzene rings is 2. The Labute approximate surface area is 222 Å². The second kappa shape index (κ2) is 16.1. The van der Waals surface area contributed by atoms with Crippen LogP contribution in [-0.2, 0) is 6.42 Å². The van der Waals surface area contributed by atoms with Gasteiger partial charge in [-0.25, -0.2) is 0 Å². The van der Waals surface area contributed by atoms with Gasteiger partial charge in [0, 0.05) is 11.8 Å². The summed E-state index contributed by atoms with van der Waals surface area (Å²) in [6.45, 7) is 10.1. The highest BCUT2D eigenvalue weighted by Gasteiger charge is 2.35. The van der Waals surface area contributed by atoms with Crippen molar-refractivity contribution in [1.82, 2.24) is 0 Å². The Balaban J connectivity index is 1.09. The fourth-order valence-electron chi connectivity index (χ4n) is 5.85. The molecular weight excluding hydrogens is 438 g/mol. The number of likely N-dealkylation sites (tertiary alicyclic amines) is 1. The van der Waals surface area contributed by atoms with Gasteiger partial charge in [0.2, 0.25) is 0 Å². The molecule has 2 atom stereocenters. The lowest BCUT2D eigenvalue weighted by Crippen LogP contribution is -3.14. The largest absolute Gasteiger partial charge is 0.457 e. The maximum absolute atomic E-state index is 5.97. The molecule has 0 aromatic heterocycles. The zero-order valence-electron chi connectivity index (χ0n) is 23.7. The zero-order chi connectivity index (χ0) is 25.5. The van der Waals surface area contributed by atoms with E-state index in [0.29, 0.717) is 5.41 Å². The fraction of sp³-hybridized carbons (Fsp3) is 0.647. The minimum absolute atomic E-state index is 0.578. The number of rotatable bonds is 18. The van der Waals surface area contributed by atoms with Gasteiger partial charge < -0.3 is 9.64 Å². The van der Waals surface area contributed by atoms with Crippen LogP contribution in [0.2, 0.25) is 0 Å². The van der Waals surface area contributed by atoms with Gasteiger partial charge in [0.05, 0.1) is 19.1 Å². The molecule has 0 radical (unpaired) electrons. The number of ether oxygens (including phenoxy) is 1. The van der Waals surface area contributed by atoms with Gasteiger partial charge >= 0.3 is 0 Å². The molecule has 2 nitrogen and oxygen atoms in total. The zero-order valence-corrected chi connectivity index (χ0v) is 23.7. The molecule has 1 saturated heterocycles. The summed E-state index contributed by atoms with van der Waals surface area (Å²) in [4.78, 5) is 1.86. The fourth-order valence-corrected chi connectivity index (χ4v) is 5.85. The predicted molar refractivity (Wildman–Crippen MR) is 155 cm³/mol. The first kappa shape index (κ1) is 28.8. The molecule has 1 fully saturated rings. The van der Waals surface area contributed by atoms with E-state index in [2.05, 4.69) is 39.0 Å². The third kappa shape index (κ3) is 11.5. The van der Waals surface area contributed by atoms with Crippen LogP contribution in [0.1, 0.15) is 116 Å². The minimum atomic E-state index is 0.578. The van der Waals surface area contributed by atoms with Gasteiger partial charge in [0.15, 0.2) is 0 Å². The van der Waals surface area contributed by atoms with E-state index in [1.165, 1.54) is 109 Å². The van der Waals surface area contributed by atoms with Gasteiger partial charge in [-0.3, -0.25) is 0 Å². The van der Waals surface area contributed by atoms with Crippen LogP contribution >= 0.6 is 0 Å². The van der Waals surface area contributed by atoms with E-state index in [-0.39, 0.29) is 0 Å². The van der Waals surface area contributed by atoms with Crippen molar-refractivity contribution in [1.29, 1.82) is 0 Å². The summed E-state index contributed by atoms with van der Waals surface area (Å²) in [5, 5.41) is 0. The van der Waals surface area contributed by atoms with Crippen molar-refractivity contribution in [2.45, 2.75) is 123 Å². The van der Waals surface area contributed by atoms with E-state index in [1.807, 2.05) is 41.3 Å². The Bertz CT molecular complexity index is 830. The number of quaternary nitrogens is 1. The maximum Gasteiger partial charge on any atom is 0.127 e. The molecule has 200 valence electrons. The Morgan fingerprint density at radius 1 is 0.722 bits per heavy atom. The van der Waals surface area contributed by atoms with E-state index >= 15 is 0 Å². The van der Waals surface area contributed by atoms with Gasteiger partial charge in [-0.05, 0) is 62.4 Å². The van der Waals surface area contributed by atoms with Gasteiger partial charge in [-0.1, -0.05) is 108 Å². The first-order valence-corrected chi connectivity index (χ1v) is 15.2. The smallest absolute Gasteiger partial charge is 0.127 e. The Hall–Kier alpha value is -1.80. The van der Waals surface area contributed by atoms with Crippen LogP contribution in [0.5, 0.6) is 11.5 Å². The molecule has 1 aliphatic rings. The molecule has 2 unspecified atom stereocenters. The van der Waals surface area contributed by atoms with Gasteiger partial charge in [0.25, 0.3) is 0 Å². The van der Waals surface area contributed by atoms with Crippen LogP contribution in [0.4, 0.5) is 0 Å². The summed E-state index contributed by atoms with van der Waals surface area (Å²) >= 11 is 0. The maximum atomic E-state index is 5.97. The normalized spacial score (nSPS) is 17.8. The molecule has 36 heavy (non-hydrogen) atoms. The summed E-state index contributed by atoms with van der Waals surface area (Å²) < 4.78 is 5.97. The average molecular weight is 493 g/mol. The standard InChI is InChI=1S/C34H53NO/c1-30(35-27-26-34(2,3)29-35)20-15-12-10-8-6-4-5-7-9-11-13-16-21-31-22-19-25-33(28-31)36-32-23-17-14-18-24-32/h14,17-19,22-25,28,30H,4-13,15-16,20-21,26-27,29H2,1-3H3/p+1. The summed E-state index contributed by atoms with van der Waals surface area (Å²) in [7, 11) is 0. The van der Waals surface area contributed by atoms with Crippen LogP contribution in [0.3, 0.4) is 0 Å². The molecule has 0 spiro atoms. The lowest BCUT2D eigenvalue weighted by Gasteiger charge is -2.23. The highest BCUT2D eigenvalue weighted by Crippen LogP contribution is 2.23. The Morgan fingerprint density at radius 2 is 1.31 bits per heavy atom. The lowest BCUT2D eigenvalue weighted by molar-refractivity contribution is -0.914. The van der Waals surface area contributed by atoms with Crippen molar-refractivity contribution < 1.29 is 9.64 Å². The first-order valence-electron chi connectivity index (χ1n) is 15.2. The van der Waals surface area contributed by atoms with Crippen LogP contribution in [0.15, 0.2) is 54.6 Å². The molecule has 2 heteroatoms. The van der Waals surface area contributed by atoms with Gasteiger partial charge in [-0.15, -0.1) is 0 Å². The van der Waals surface area contributed by atoms with Crippen LogP contribution in [-0.4, -0.2) is 19.1 Å². The molecule has 1 N–H and O–H groups in total. The Morgan fingerprint density at radius 3 is 1.92 bits per heavy atom. The van der Waals surface area contributed by atoms with Gasteiger partial charge in [0.1, 0.15) is 11.5 Å². The van der Waals surface area contributed by atoms with Crippen molar-refractivity contribution in [3.8, 4) is 11.5 Å². The molecule has 0 saturated carbocycles. The third-order valence-corrected chi connectivity index (χ3v) is 8.26. The quantitative estimate of drug-likeness (QED) is 0.205.